The zero-order valence-corrected chi connectivity index (χ0v) is 11.3. The van der Waals surface area contributed by atoms with Gasteiger partial charge in [-0.15, -0.1) is 0 Å². The monoisotopic (exact) mass is 259 g/mol. The fourth-order valence-corrected chi connectivity index (χ4v) is 2.10. The van der Waals surface area contributed by atoms with Gasteiger partial charge in [-0.2, -0.15) is 0 Å². The Morgan fingerprint density at radius 2 is 1.95 bits per heavy atom. The van der Waals surface area contributed by atoms with E-state index in [-0.39, 0.29) is 5.97 Å². The van der Waals surface area contributed by atoms with Crippen molar-refractivity contribution >= 4 is 5.97 Å². The van der Waals surface area contributed by atoms with Gasteiger partial charge in [0.1, 0.15) is 5.56 Å². The van der Waals surface area contributed by atoms with Gasteiger partial charge in [-0.3, -0.25) is 0 Å². The third-order valence-corrected chi connectivity index (χ3v) is 2.89. The first-order chi connectivity index (χ1) is 9.19. The van der Waals surface area contributed by atoms with Crippen molar-refractivity contribution < 1.29 is 14.3 Å². The van der Waals surface area contributed by atoms with Gasteiger partial charge in [0.05, 0.1) is 19.4 Å². The van der Waals surface area contributed by atoms with E-state index in [1.54, 1.807) is 20.2 Å². The van der Waals surface area contributed by atoms with Crippen molar-refractivity contribution in [1.82, 2.24) is 4.57 Å². The summed E-state index contributed by atoms with van der Waals surface area (Å²) in [6.07, 6.45) is 1.79. The summed E-state index contributed by atoms with van der Waals surface area (Å²) in [6, 6.07) is 9.72. The van der Waals surface area contributed by atoms with Crippen molar-refractivity contribution in [2.45, 2.75) is 6.92 Å². The second-order valence-corrected chi connectivity index (χ2v) is 4.12. The topological polar surface area (TPSA) is 40.5 Å². The predicted octanol–water partition coefficient (Wildman–Crippen LogP) is 2.88. The van der Waals surface area contributed by atoms with E-state index in [2.05, 4.69) is 0 Å². The second kappa shape index (κ2) is 5.61. The Morgan fingerprint density at radius 3 is 2.53 bits per heavy atom. The number of benzene rings is 1. The van der Waals surface area contributed by atoms with Gasteiger partial charge in [0.15, 0.2) is 5.75 Å². The highest BCUT2D eigenvalue weighted by Crippen LogP contribution is 2.32. The van der Waals surface area contributed by atoms with Crippen LogP contribution in [0.15, 0.2) is 36.5 Å². The minimum Gasteiger partial charge on any atom is -0.494 e. The van der Waals surface area contributed by atoms with Crippen LogP contribution in [0.25, 0.3) is 11.3 Å². The number of methoxy groups -OCH3 is 1. The van der Waals surface area contributed by atoms with Crippen LogP contribution >= 0.6 is 0 Å². The molecule has 4 heteroatoms. The highest BCUT2D eigenvalue weighted by Gasteiger charge is 2.23. The van der Waals surface area contributed by atoms with Crippen LogP contribution in [0.1, 0.15) is 17.3 Å². The molecule has 1 heterocycles. The van der Waals surface area contributed by atoms with Gasteiger partial charge < -0.3 is 14.0 Å². The van der Waals surface area contributed by atoms with Crippen molar-refractivity contribution in [2.24, 2.45) is 7.05 Å². The zero-order chi connectivity index (χ0) is 13.8. The molecule has 0 radical (unpaired) electrons. The summed E-state index contributed by atoms with van der Waals surface area (Å²) in [5, 5.41) is 0. The molecule has 1 aromatic carbocycles. The summed E-state index contributed by atoms with van der Waals surface area (Å²) < 4.78 is 12.3. The summed E-state index contributed by atoms with van der Waals surface area (Å²) in [4.78, 5) is 12.1. The summed E-state index contributed by atoms with van der Waals surface area (Å²) in [5.41, 5.74) is 2.23. The van der Waals surface area contributed by atoms with Crippen LogP contribution in [-0.4, -0.2) is 24.3 Å². The molecule has 0 saturated carbocycles. The van der Waals surface area contributed by atoms with Gasteiger partial charge in [-0.25, -0.2) is 4.79 Å². The Labute approximate surface area is 112 Å². The molecule has 0 spiro atoms. The Balaban J connectivity index is 2.59. The summed E-state index contributed by atoms with van der Waals surface area (Å²) >= 11 is 0. The number of carbonyl (C=O) groups is 1. The minimum atomic E-state index is -0.362. The normalized spacial score (nSPS) is 10.3. The third-order valence-electron chi connectivity index (χ3n) is 2.89. The van der Waals surface area contributed by atoms with Crippen molar-refractivity contribution in [3.63, 3.8) is 0 Å². The van der Waals surface area contributed by atoms with Crippen LogP contribution in [0.4, 0.5) is 0 Å². The Bertz CT molecular complexity index is 573. The van der Waals surface area contributed by atoms with Crippen LogP contribution in [0, 0.1) is 0 Å². The molecule has 0 fully saturated rings. The molecule has 1 aromatic heterocycles. The Morgan fingerprint density at radius 1 is 1.26 bits per heavy atom. The summed E-state index contributed by atoms with van der Waals surface area (Å²) in [5.74, 6) is 0.165. The molecule has 2 rings (SSSR count). The summed E-state index contributed by atoms with van der Waals surface area (Å²) in [6.45, 7) is 2.13. The van der Waals surface area contributed by atoms with Gasteiger partial charge in [0, 0.05) is 13.2 Å². The molecule has 0 bridgehead atoms. The van der Waals surface area contributed by atoms with Crippen LogP contribution < -0.4 is 4.74 Å². The van der Waals surface area contributed by atoms with Crippen LogP contribution in [0.5, 0.6) is 5.75 Å². The molecule has 0 N–H and O–H groups in total. The number of carbonyl (C=O) groups excluding carboxylic acids is 1. The van der Waals surface area contributed by atoms with E-state index in [1.807, 2.05) is 41.9 Å². The van der Waals surface area contributed by atoms with E-state index in [0.29, 0.717) is 17.9 Å². The Kier molecular flexibility index (Phi) is 3.90. The number of rotatable bonds is 4. The van der Waals surface area contributed by atoms with Crippen molar-refractivity contribution in [3.05, 3.63) is 42.1 Å². The standard InChI is InChI=1S/C15H17NO3/c1-4-19-15(17)13-12(18-3)10-16(2)14(13)11-8-6-5-7-9-11/h5-10H,4H2,1-3H3. The third kappa shape index (κ3) is 2.47. The molecule has 0 aliphatic rings. The van der Waals surface area contributed by atoms with E-state index in [1.165, 1.54) is 0 Å². The van der Waals surface area contributed by atoms with E-state index >= 15 is 0 Å². The predicted molar refractivity (Wildman–Crippen MR) is 73.4 cm³/mol. The fourth-order valence-electron chi connectivity index (χ4n) is 2.10. The number of esters is 1. The minimum absolute atomic E-state index is 0.338. The lowest BCUT2D eigenvalue weighted by Gasteiger charge is -2.08. The van der Waals surface area contributed by atoms with Crippen molar-refractivity contribution in [2.75, 3.05) is 13.7 Å². The average Bonchev–Trinajstić information content (AvgIpc) is 2.77. The van der Waals surface area contributed by atoms with Gasteiger partial charge in [-0.1, -0.05) is 30.3 Å². The number of ether oxygens (including phenoxy) is 2. The molecular formula is C15H17NO3. The van der Waals surface area contributed by atoms with E-state index in [9.17, 15) is 4.79 Å². The van der Waals surface area contributed by atoms with Crippen molar-refractivity contribution in [1.29, 1.82) is 0 Å². The highest BCUT2D eigenvalue weighted by molar-refractivity contribution is 5.99. The average molecular weight is 259 g/mol. The number of hydrogen-bond donors (Lipinski definition) is 0. The number of nitrogens with zero attached hydrogens (tertiary/aromatic N) is 1. The maximum atomic E-state index is 12.1. The molecular weight excluding hydrogens is 242 g/mol. The number of hydrogen-bond acceptors (Lipinski definition) is 3. The lowest BCUT2D eigenvalue weighted by atomic mass is 10.1. The SMILES string of the molecule is CCOC(=O)c1c(OC)cn(C)c1-c1ccccc1. The fraction of sp³-hybridized carbons (Fsp3) is 0.267. The molecule has 2 aromatic rings. The van der Waals surface area contributed by atoms with Gasteiger partial charge in [-0.05, 0) is 12.5 Å². The van der Waals surface area contributed by atoms with Crippen LogP contribution in [0.2, 0.25) is 0 Å². The summed E-state index contributed by atoms with van der Waals surface area (Å²) in [7, 11) is 3.43. The number of aryl methyl sites for hydroxylation is 1. The second-order valence-electron chi connectivity index (χ2n) is 4.12. The van der Waals surface area contributed by atoms with Crippen LogP contribution in [0.3, 0.4) is 0 Å². The maximum Gasteiger partial charge on any atom is 0.344 e. The molecule has 0 aliphatic carbocycles. The molecule has 0 aliphatic heterocycles. The Hall–Kier alpha value is -2.23. The molecule has 100 valence electrons. The maximum absolute atomic E-state index is 12.1. The first kappa shape index (κ1) is 13.2. The lowest BCUT2D eigenvalue weighted by molar-refractivity contribution is 0.0524. The van der Waals surface area contributed by atoms with Gasteiger partial charge in [0.2, 0.25) is 0 Å². The largest absolute Gasteiger partial charge is 0.494 e. The van der Waals surface area contributed by atoms with Gasteiger partial charge >= 0.3 is 5.97 Å². The zero-order valence-electron chi connectivity index (χ0n) is 11.3. The van der Waals surface area contributed by atoms with E-state index in [0.717, 1.165) is 11.3 Å². The van der Waals surface area contributed by atoms with Crippen molar-refractivity contribution in [3.8, 4) is 17.0 Å². The quantitative estimate of drug-likeness (QED) is 0.793. The molecule has 4 nitrogen and oxygen atoms in total. The van der Waals surface area contributed by atoms with Gasteiger partial charge in [0.25, 0.3) is 0 Å². The first-order valence-electron chi connectivity index (χ1n) is 6.14. The molecule has 0 saturated heterocycles. The highest BCUT2D eigenvalue weighted by atomic mass is 16.5. The lowest BCUT2D eigenvalue weighted by Crippen LogP contribution is -2.07. The number of aromatic nitrogens is 1. The van der Waals surface area contributed by atoms with E-state index in [4.69, 9.17) is 9.47 Å². The molecule has 19 heavy (non-hydrogen) atoms. The molecule has 0 amide bonds. The van der Waals surface area contributed by atoms with Crippen LogP contribution in [-0.2, 0) is 11.8 Å². The molecule has 0 atom stereocenters. The first-order valence-corrected chi connectivity index (χ1v) is 6.14. The smallest absolute Gasteiger partial charge is 0.344 e. The van der Waals surface area contributed by atoms with E-state index < -0.39 is 0 Å². The molecule has 0 unspecified atom stereocenters.